The minimum Gasteiger partial charge on any atom is -0.384 e. The molecule has 0 saturated heterocycles. The molecule has 148 valence electrons. The second kappa shape index (κ2) is 6.69. The first-order valence-electron chi connectivity index (χ1n) is 9.94. The van der Waals surface area contributed by atoms with Crippen LogP contribution in [0.1, 0.15) is 30.7 Å². The molecule has 0 spiro atoms. The molecule has 2 aromatic rings. The Hall–Kier alpha value is -3.22. The molecule has 1 aromatic heterocycles. The molecule has 0 radical (unpaired) electrons. The first-order chi connectivity index (χ1) is 14.1. The number of benzene rings is 1. The van der Waals surface area contributed by atoms with Crippen LogP contribution in [0.25, 0.3) is 0 Å². The fourth-order valence-corrected chi connectivity index (χ4v) is 4.52. The molecule has 2 unspecified atom stereocenters. The lowest BCUT2D eigenvalue weighted by Gasteiger charge is -2.35. The minimum atomic E-state index is -1.84. The van der Waals surface area contributed by atoms with Gasteiger partial charge in [0.2, 0.25) is 0 Å². The first-order valence-corrected chi connectivity index (χ1v) is 9.94. The highest BCUT2D eigenvalue weighted by Gasteiger charge is 2.41. The van der Waals surface area contributed by atoms with Crippen molar-refractivity contribution < 1.29 is 9.18 Å². The molecule has 2 N–H and O–H groups in total. The molecule has 6 nitrogen and oxygen atoms in total. The number of hydrogen-bond acceptors (Lipinski definition) is 4. The SMILES string of the molecule is CCn1ncnc1C1CNC2=CC(F)(c3ccccc3)C=C3C(=O)NCCC1=C23. The van der Waals surface area contributed by atoms with E-state index in [9.17, 15) is 4.79 Å². The van der Waals surface area contributed by atoms with Crippen molar-refractivity contribution in [3.05, 3.63) is 82.6 Å². The Morgan fingerprint density at radius 2 is 2.07 bits per heavy atom. The van der Waals surface area contributed by atoms with E-state index in [2.05, 4.69) is 20.7 Å². The van der Waals surface area contributed by atoms with Gasteiger partial charge in [-0.15, -0.1) is 0 Å². The van der Waals surface area contributed by atoms with Gasteiger partial charge < -0.3 is 10.6 Å². The number of aryl methyl sites for hydroxylation is 1. The maximum Gasteiger partial charge on any atom is 0.251 e. The van der Waals surface area contributed by atoms with Crippen molar-refractivity contribution in [1.82, 2.24) is 25.4 Å². The smallest absolute Gasteiger partial charge is 0.251 e. The molecule has 1 aliphatic carbocycles. The fraction of sp³-hybridized carbons (Fsp3) is 0.318. The Bertz CT molecular complexity index is 1070. The predicted octanol–water partition coefficient (Wildman–Crippen LogP) is 2.49. The fourth-order valence-electron chi connectivity index (χ4n) is 4.52. The van der Waals surface area contributed by atoms with Crippen LogP contribution in [0.4, 0.5) is 4.39 Å². The molecule has 1 amide bonds. The number of aromatic nitrogens is 3. The molecule has 7 heteroatoms. The summed E-state index contributed by atoms with van der Waals surface area (Å²) >= 11 is 0. The number of nitrogens with one attached hydrogen (secondary N) is 2. The average molecular weight is 391 g/mol. The van der Waals surface area contributed by atoms with Gasteiger partial charge in [0, 0.05) is 36.5 Å². The topological polar surface area (TPSA) is 71.8 Å². The van der Waals surface area contributed by atoms with Gasteiger partial charge in [-0.25, -0.2) is 14.1 Å². The number of nitrogens with zero attached hydrogens (tertiary/aromatic N) is 3. The summed E-state index contributed by atoms with van der Waals surface area (Å²) < 4.78 is 17.9. The number of carbonyl (C=O) groups is 1. The Morgan fingerprint density at radius 1 is 1.24 bits per heavy atom. The molecule has 0 bridgehead atoms. The quantitative estimate of drug-likeness (QED) is 0.843. The van der Waals surface area contributed by atoms with Crippen LogP contribution in [0.2, 0.25) is 0 Å². The molecule has 3 aliphatic rings. The first kappa shape index (κ1) is 17.8. The molecule has 0 saturated carbocycles. The molecule has 0 fully saturated rings. The van der Waals surface area contributed by atoms with Gasteiger partial charge >= 0.3 is 0 Å². The highest BCUT2D eigenvalue weighted by Crippen LogP contribution is 2.45. The van der Waals surface area contributed by atoms with Crippen LogP contribution in [0.15, 0.2) is 71.2 Å². The van der Waals surface area contributed by atoms with E-state index >= 15 is 4.39 Å². The van der Waals surface area contributed by atoms with Crippen molar-refractivity contribution in [3.8, 4) is 0 Å². The van der Waals surface area contributed by atoms with E-state index < -0.39 is 5.67 Å². The summed E-state index contributed by atoms with van der Waals surface area (Å²) in [5, 5.41) is 10.6. The van der Waals surface area contributed by atoms with Gasteiger partial charge in [-0.05, 0) is 36.6 Å². The molecule has 29 heavy (non-hydrogen) atoms. The number of halogens is 1. The van der Waals surface area contributed by atoms with Crippen LogP contribution in [0.3, 0.4) is 0 Å². The number of carbonyl (C=O) groups excluding carboxylic acids is 1. The molecule has 2 aliphatic heterocycles. The highest BCUT2D eigenvalue weighted by molar-refractivity contribution is 6.01. The van der Waals surface area contributed by atoms with Gasteiger partial charge in [0.05, 0.1) is 5.92 Å². The lowest BCUT2D eigenvalue weighted by Crippen LogP contribution is -2.36. The number of hydrogen-bond donors (Lipinski definition) is 2. The van der Waals surface area contributed by atoms with E-state index in [0.29, 0.717) is 36.3 Å². The zero-order valence-electron chi connectivity index (χ0n) is 16.2. The zero-order valence-corrected chi connectivity index (χ0v) is 16.2. The Balaban J connectivity index is 1.68. The van der Waals surface area contributed by atoms with Gasteiger partial charge in [-0.2, -0.15) is 5.10 Å². The number of amides is 1. The monoisotopic (exact) mass is 391 g/mol. The van der Waals surface area contributed by atoms with E-state index in [4.69, 9.17) is 0 Å². The third-order valence-electron chi connectivity index (χ3n) is 5.88. The Morgan fingerprint density at radius 3 is 2.86 bits per heavy atom. The van der Waals surface area contributed by atoms with Gasteiger partial charge in [0.15, 0.2) is 5.67 Å². The lowest BCUT2D eigenvalue weighted by atomic mass is 9.77. The largest absolute Gasteiger partial charge is 0.384 e. The van der Waals surface area contributed by atoms with Crippen LogP contribution < -0.4 is 10.6 Å². The van der Waals surface area contributed by atoms with Gasteiger partial charge in [-0.1, -0.05) is 30.3 Å². The third kappa shape index (κ3) is 2.80. The number of allylic oxidation sites excluding steroid dienone is 3. The van der Waals surface area contributed by atoms with E-state index in [1.54, 1.807) is 36.7 Å². The lowest BCUT2D eigenvalue weighted by molar-refractivity contribution is -0.117. The summed E-state index contributed by atoms with van der Waals surface area (Å²) in [5.41, 5.74) is 1.66. The van der Waals surface area contributed by atoms with Crippen molar-refractivity contribution in [2.45, 2.75) is 31.5 Å². The Labute approximate surface area is 168 Å². The summed E-state index contributed by atoms with van der Waals surface area (Å²) in [7, 11) is 0. The molecular formula is C22H22FN5O. The molecule has 5 rings (SSSR count). The van der Waals surface area contributed by atoms with E-state index in [-0.39, 0.29) is 11.8 Å². The predicted molar refractivity (Wildman–Crippen MR) is 106 cm³/mol. The summed E-state index contributed by atoms with van der Waals surface area (Å²) in [6, 6.07) is 8.95. The van der Waals surface area contributed by atoms with Crippen molar-refractivity contribution >= 4 is 5.91 Å². The van der Waals surface area contributed by atoms with Crippen LogP contribution >= 0.6 is 0 Å². The normalized spacial score (nSPS) is 26.0. The van der Waals surface area contributed by atoms with Crippen LogP contribution in [0.5, 0.6) is 0 Å². The van der Waals surface area contributed by atoms with Gasteiger partial charge in [0.25, 0.3) is 5.91 Å². The van der Waals surface area contributed by atoms with Crippen molar-refractivity contribution in [2.24, 2.45) is 0 Å². The molecule has 1 aromatic carbocycles. The third-order valence-corrected chi connectivity index (χ3v) is 5.88. The maximum atomic E-state index is 16.0. The van der Waals surface area contributed by atoms with Crippen LogP contribution in [-0.2, 0) is 17.0 Å². The molecule has 3 heterocycles. The summed E-state index contributed by atoms with van der Waals surface area (Å²) in [5.74, 6) is 0.623. The second-order valence-corrected chi connectivity index (χ2v) is 7.52. The van der Waals surface area contributed by atoms with E-state index in [0.717, 1.165) is 23.5 Å². The van der Waals surface area contributed by atoms with Crippen LogP contribution in [0, 0.1) is 0 Å². The second-order valence-electron chi connectivity index (χ2n) is 7.52. The Kier molecular flexibility index (Phi) is 4.12. The summed E-state index contributed by atoms with van der Waals surface area (Å²) in [4.78, 5) is 17.3. The standard InChI is InChI=1S/C22H22FN5O/c1-2-28-20(26-13-27-28)17-12-25-18-11-22(23,14-6-4-3-5-7-14)10-16-19(18)15(17)8-9-24-21(16)29/h3-7,10-11,13,17,25H,2,8-9,12H2,1H3,(H,24,29). The highest BCUT2D eigenvalue weighted by atomic mass is 19.1. The van der Waals surface area contributed by atoms with Crippen molar-refractivity contribution in [3.63, 3.8) is 0 Å². The summed E-state index contributed by atoms with van der Waals surface area (Å²) in [6.07, 6.45) is 5.31. The number of alkyl halides is 1. The minimum absolute atomic E-state index is 0.00969. The van der Waals surface area contributed by atoms with Crippen molar-refractivity contribution in [2.75, 3.05) is 13.1 Å². The molecule has 2 atom stereocenters. The number of rotatable bonds is 3. The van der Waals surface area contributed by atoms with Gasteiger partial charge in [0.1, 0.15) is 12.2 Å². The van der Waals surface area contributed by atoms with Crippen LogP contribution in [-0.4, -0.2) is 33.8 Å². The zero-order chi connectivity index (χ0) is 20.0. The molecular weight excluding hydrogens is 369 g/mol. The van der Waals surface area contributed by atoms with E-state index in [1.165, 1.54) is 6.08 Å². The van der Waals surface area contributed by atoms with Crippen molar-refractivity contribution in [1.29, 1.82) is 0 Å². The van der Waals surface area contributed by atoms with E-state index in [1.807, 2.05) is 17.7 Å². The summed E-state index contributed by atoms with van der Waals surface area (Å²) in [6.45, 7) is 3.86. The average Bonchev–Trinajstić information content (AvgIpc) is 3.15. The maximum absolute atomic E-state index is 16.0. The van der Waals surface area contributed by atoms with Gasteiger partial charge in [-0.3, -0.25) is 4.79 Å².